The molecule has 8 nitrogen and oxygen atoms in total. The zero-order valence-electron chi connectivity index (χ0n) is 18.4. The summed E-state index contributed by atoms with van der Waals surface area (Å²) in [5.74, 6) is 0.506. The molecule has 0 saturated carbocycles. The van der Waals surface area contributed by atoms with Crippen molar-refractivity contribution in [3.8, 4) is 0 Å². The Morgan fingerprint density at radius 1 is 1.13 bits per heavy atom. The van der Waals surface area contributed by atoms with Gasteiger partial charge in [-0.2, -0.15) is 5.10 Å². The summed E-state index contributed by atoms with van der Waals surface area (Å²) in [6, 6.07) is 8.56. The van der Waals surface area contributed by atoms with Gasteiger partial charge in [-0.25, -0.2) is 14.5 Å². The maximum atomic E-state index is 13.5. The molecule has 164 valence electrons. The summed E-state index contributed by atoms with van der Waals surface area (Å²) in [4.78, 5) is 36.1. The van der Waals surface area contributed by atoms with Crippen LogP contribution in [0.5, 0.6) is 0 Å². The van der Waals surface area contributed by atoms with Crippen LogP contribution < -0.4 is 0 Å². The molecule has 1 aromatic carbocycles. The van der Waals surface area contributed by atoms with Gasteiger partial charge in [0.05, 0.1) is 5.69 Å². The van der Waals surface area contributed by atoms with Gasteiger partial charge in [0.2, 0.25) is 5.96 Å². The molecule has 2 unspecified atom stereocenters. The van der Waals surface area contributed by atoms with Crippen molar-refractivity contribution < 1.29 is 9.59 Å². The minimum absolute atomic E-state index is 0.167. The summed E-state index contributed by atoms with van der Waals surface area (Å²) in [6.45, 7) is 8.66. The lowest BCUT2D eigenvalue weighted by Crippen LogP contribution is -2.65. The van der Waals surface area contributed by atoms with Gasteiger partial charge in [0, 0.05) is 30.9 Å². The Morgan fingerprint density at radius 3 is 2.39 bits per heavy atom. The number of hydrogen-bond acceptors (Lipinski definition) is 5. The van der Waals surface area contributed by atoms with Gasteiger partial charge in [0.25, 0.3) is 5.91 Å². The van der Waals surface area contributed by atoms with E-state index in [9.17, 15) is 9.59 Å². The standard InChI is InChI=1S/C22H27ClN6O2/c1-13(2)11-28-20(30)18-19(26(5)22(28)31)24-21(29-15(4)10-14(3)25-29)27(18)12-16-6-8-17(23)9-7-16/h6-10,13,18-19H,11-12H2,1-5H3. The topological polar surface area (TPSA) is 74.0 Å². The lowest BCUT2D eigenvalue weighted by atomic mass is 10.1. The monoisotopic (exact) mass is 442 g/mol. The second-order valence-electron chi connectivity index (χ2n) is 8.62. The van der Waals surface area contributed by atoms with E-state index in [1.54, 1.807) is 16.6 Å². The SMILES string of the molecule is Cc1cc(C)n(C2=NC3C(C(=O)N(CC(C)C)C(=O)N3C)N2Cc2ccc(Cl)cc2)n1. The highest BCUT2D eigenvalue weighted by Crippen LogP contribution is 2.30. The van der Waals surface area contributed by atoms with Crippen LogP contribution in [0, 0.1) is 19.8 Å². The van der Waals surface area contributed by atoms with Crippen molar-refractivity contribution in [3.05, 3.63) is 52.3 Å². The molecule has 31 heavy (non-hydrogen) atoms. The Hall–Kier alpha value is -2.87. The number of aromatic nitrogens is 2. The van der Waals surface area contributed by atoms with Crippen LogP contribution in [0.4, 0.5) is 4.79 Å². The van der Waals surface area contributed by atoms with Crippen LogP contribution >= 0.6 is 11.6 Å². The van der Waals surface area contributed by atoms with Crippen molar-refractivity contribution in [1.82, 2.24) is 24.5 Å². The molecule has 2 aliphatic heterocycles. The van der Waals surface area contributed by atoms with Crippen molar-refractivity contribution in [2.24, 2.45) is 10.9 Å². The Balaban J connectivity index is 1.77. The van der Waals surface area contributed by atoms with E-state index in [2.05, 4.69) is 5.10 Å². The largest absolute Gasteiger partial charge is 0.328 e. The summed E-state index contributed by atoms with van der Waals surface area (Å²) in [7, 11) is 1.70. The second-order valence-corrected chi connectivity index (χ2v) is 9.05. The third kappa shape index (κ3) is 3.80. The number of carbonyl (C=O) groups excluding carboxylic acids is 2. The first kappa shape index (κ1) is 21.4. The minimum Gasteiger partial charge on any atom is -0.321 e. The van der Waals surface area contributed by atoms with E-state index in [1.807, 2.05) is 62.9 Å². The van der Waals surface area contributed by atoms with E-state index in [0.29, 0.717) is 24.1 Å². The van der Waals surface area contributed by atoms with Gasteiger partial charge in [-0.05, 0) is 43.5 Å². The van der Waals surface area contributed by atoms with Crippen LogP contribution in [-0.4, -0.2) is 68.2 Å². The molecule has 9 heteroatoms. The van der Waals surface area contributed by atoms with Gasteiger partial charge in [-0.3, -0.25) is 9.69 Å². The summed E-state index contributed by atoms with van der Waals surface area (Å²) in [5.41, 5.74) is 2.76. The molecule has 3 heterocycles. The highest BCUT2D eigenvalue weighted by Gasteiger charge is 2.52. The molecule has 3 amide bonds. The number of aryl methyl sites for hydroxylation is 2. The van der Waals surface area contributed by atoms with E-state index in [1.165, 1.54) is 4.90 Å². The highest BCUT2D eigenvalue weighted by atomic mass is 35.5. The zero-order valence-corrected chi connectivity index (χ0v) is 19.2. The van der Waals surface area contributed by atoms with Gasteiger partial charge < -0.3 is 9.80 Å². The number of fused-ring (bicyclic) bond motifs is 1. The number of benzene rings is 1. The number of nitrogens with zero attached hydrogens (tertiary/aromatic N) is 6. The van der Waals surface area contributed by atoms with Crippen molar-refractivity contribution in [2.45, 2.75) is 46.4 Å². The highest BCUT2D eigenvalue weighted by molar-refractivity contribution is 6.30. The van der Waals surface area contributed by atoms with Gasteiger partial charge >= 0.3 is 6.03 Å². The van der Waals surface area contributed by atoms with Crippen molar-refractivity contribution in [2.75, 3.05) is 13.6 Å². The molecule has 2 aliphatic rings. The van der Waals surface area contributed by atoms with Crippen LogP contribution in [0.3, 0.4) is 0 Å². The third-order valence-electron chi connectivity index (χ3n) is 5.58. The van der Waals surface area contributed by atoms with E-state index < -0.39 is 12.2 Å². The second kappa shape index (κ2) is 8.00. The molecule has 0 N–H and O–H groups in total. The van der Waals surface area contributed by atoms with Gasteiger partial charge in [0.1, 0.15) is 0 Å². The Bertz CT molecular complexity index is 1040. The number of likely N-dealkylation sites (N-methyl/N-ethyl adjacent to an activating group) is 1. The van der Waals surface area contributed by atoms with Gasteiger partial charge in [-0.15, -0.1) is 0 Å². The normalized spacial score (nSPS) is 21.3. The van der Waals surface area contributed by atoms with Crippen LogP contribution in [0.2, 0.25) is 5.02 Å². The lowest BCUT2D eigenvalue weighted by Gasteiger charge is -2.41. The first-order valence-electron chi connectivity index (χ1n) is 10.4. The average molecular weight is 443 g/mol. The van der Waals surface area contributed by atoms with E-state index >= 15 is 0 Å². The van der Waals surface area contributed by atoms with Crippen LogP contribution in [-0.2, 0) is 11.3 Å². The molecule has 1 aromatic heterocycles. The fourth-order valence-electron chi connectivity index (χ4n) is 4.16. The third-order valence-corrected chi connectivity index (χ3v) is 5.84. The molecule has 1 saturated heterocycles. The summed E-state index contributed by atoms with van der Waals surface area (Å²) >= 11 is 6.06. The van der Waals surface area contributed by atoms with Crippen LogP contribution in [0.15, 0.2) is 35.3 Å². The quantitative estimate of drug-likeness (QED) is 0.729. The molecule has 0 spiro atoms. The molecule has 4 rings (SSSR count). The Labute approximate surface area is 187 Å². The number of amides is 3. The van der Waals surface area contributed by atoms with Crippen LogP contribution in [0.25, 0.3) is 0 Å². The minimum atomic E-state index is -0.615. The average Bonchev–Trinajstić information content (AvgIpc) is 3.24. The number of halogens is 1. The molecule has 0 radical (unpaired) electrons. The Morgan fingerprint density at radius 2 is 1.81 bits per heavy atom. The van der Waals surface area contributed by atoms with Crippen molar-refractivity contribution in [1.29, 1.82) is 0 Å². The molecule has 1 fully saturated rings. The van der Waals surface area contributed by atoms with E-state index in [4.69, 9.17) is 16.6 Å². The maximum absolute atomic E-state index is 13.5. The number of carbonyl (C=O) groups is 2. The first-order chi connectivity index (χ1) is 14.7. The number of rotatable bonds is 4. The lowest BCUT2D eigenvalue weighted by molar-refractivity contribution is -0.138. The zero-order chi connectivity index (χ0) is 22.4. The van der Waals surface area contributed by atoms with E-state index in [-0.39, 0.29) is 17.9 Å². The molecular formula is C22H27ClN6O2. The molecule has 0 aliphatic carbocycles. The van der Waals surface area contributed by atoms with E-state index in [0.717, 1.165) is 17.0 Å². The first-order valence-corrected chi connectivity index (χ1v) is 10.8. The number of urea groups is 1. The number of hydrogen-bond donors (Lipinski definition) is 0. The molecule has 2 aromatic rings. The Kier molecular flexibility index (Phi) is 5.51. The summed E-state index contributed by atoms with van der Waals surface area (Å²) < 4.78 is 1.75. The molecular weight excluding hydrogens is 416 g/mol. The van der Waals surface area contributed by atoms with Crippen LogP contribution in [0.1, 0.15) is 30.8 Å². The number of imide groups is 1. The smallest absolute Gasteiger partial charge is 0.321 e. The predicted molar refractivity (Wildman–Crippen MR) is 119 cm³/mol. The number of aliphatic imine (C=N–C) groups is 1. The fraction of sp³-hybridized carbons (Fsp3) is 0.455. The maximum Gasteiger partial charge on any atom is 0.328 e. The fourth-order valence-corrected chi connectivity index (χ4v) is 4.29. The molecule has 0 bridgehead atoms. The van der Waals surface area contributed by atoms with Gasteiger partial charge in [0.15, 0.2) is 12.2 Å². The molecule has 2 atom stereocenters. The van der Waals surface area contributed by atoms with Crippen molar-refractivity contribution in [3.63, 3.8) is 0 Å². The predicted octanol–water partition coefficient (Wildman–Crippen LogP) is 3.12. The summed E-state index contributed by atoms with van der Waals surface area (Å²) in [5, 5.41) is 5.24. The van der Waals surface area contributed by atoms with Crippen molar-refractivity contribution >= 4 is 29.5 Å². The van der Waals surface area contributed by atoms with Gasteiger partial charge in [-0.1, -0.05) is 37.6 Å². The summed E-state index contributed by atoms with van der Waals surface area (Å²) in [6.07, 6.45) is -0.602.